The summed E-state index contributed by atoms with van der Waals surface area (Å²) in [5.41, 5.74) is 0.797. The van der Waals surface area contributed by atoms with Crippen LogP contribution in [0.2, 0.25) is 0 Å². The van der Waals surface area contributed by atoms with Gasteiger partial charge in [-0.05, 0) is 48.6 Å². The molecular formula is C16H15F3O3S. The van der Waals surface area contributed by atoms with Crippen LogP contribution in [-0.2, 0) is 29.1 Å². The number of hydrogen-bond acceptors (Lipinski definition) is 2. The second kappa shape index (κ2) is 6.72. The first-order valence-corrected chi connectivity index (χ1v) is 8.33. The van der Waals surface area contributed by atoms with E-state index in [1.165, 1.54) is 18.2 Å². The highest BCUT2D eigenvalue weighted by Crippen LogP contribution is 2.29. The van der Waals surface area contributed by atoms with Crippen molar-refractivity contribution in [3.63, 3.8) is 0 Å². The second-order valence-corrected chi connectivity index (χ2v) is 6.59. The lowest BCUT2D eigenvalue weighted by atomic mass is 10.0. The summed E-state index contributed by atoms with van der Waals surface area (Å²) in [4.78, 5) is -0.181. The van der Waals surface area contributed by atoms with Crippen LogP contribution in [-0.4, -0.2) is 13.0 Å². The molecular weight excluding hydrogens is 329 g/mol. The van der Waals surface area contributed by atoms with Gasteiger partial charge in [0.05, 0.1) is 10.5 Å². The summed E-state index contributed by atoms with van der Waals surface area (Å²) in [5.74, 6) is 0. The van der Waals surface area contributed by atoms with E-state index in [-0.39, 0.29) is 4.90 Å². The molecule has 0 aliphatic heterocycles. The van der Waals surface area contributed by atoms with Gasteiger partial charge in [-0.25, -0.2) is 0 Å². The van der Waals surface area contributed by atoms with Crippen LogP contribution in [0.5, 0.6) is 0 Å². The molecule has 0 aromatic heterocycles. The Bertz CT molecular complexity index is 766. The molecule has 0 atom stereocenters. The SMILES string of the molecule is O=S(=O)(O)c1ccc(CCCc2cccc(C(F)(F)F)c2)cc1. The summed E-state index contributed by atoms with van der Waals surface area (Å²) in [5, 5.41) is 0. The van der Waals surface area contributed by atoms with Crippen molar-refractivity contribution in [3.8, 4) is 0 Å². The monoisotopic (exact) mass is 344 g/mol. The molecule has 7 heteroatoms. The number of benzene rings is 2. The molecule has 0 bridgehead atoms. The lowest BCUT2D eigenvalue weighted by Crippen LogP contribution is -2.05. The van der Waals surface area contributed by atoms with Crippen LogP contribution in [0.1, 0.15) is 23.1 Å². The van der Waals surface area contributed by atoms with Crippen molar-refractivity contribution in [2.24, 2.45) is 0 Å². The van der Waals surface area contributed by atoms with Crippen LogP contribution >= 0.6 is 0 Å². The van der Waals surface area contributed by atoms with Crippen molar-refractivity contribution < 1.29 is 26.1 Å². The van der Waals surface area contributed by atoms with E-state index in [0.717, 1.165) is 17.7 Å². The largest absolute Gasteiger partial charge is 0.416 e. The topological polar surface area (TPSA) is 54.4 Å². The Hall–Kier alpha value is -1.86. The zero-order valence-electron chi connectivity index (χ0n) is 12.0. The molecule has 0 spiro atoms. The number of aryl methyl sites for hydroxylation is 2. The molecule has 0 saturated carbocycles. The van der Waals surface area contributed by atoms with Crippen LogP contribution in [0.25, 0.3) is 0 Å². The Kier molecular flexibility index (Phi) is 5.11. The van der Waals surface area contributed by atoms with Gasteiger partial charge in [0.25, 0.3) is 10.1 Å². The highest BCUT2D eigenvalue weighted by atomic mass is 32.2. The fraction of sp³-hybridized carbons (Fsp3) is 0.250. The van der Waals surface area contributed by atoms with E-state index in [9.17, 15) is 21.6 Å². The fourth-order valence-electron chi connectivity index (χ4n) is 2.23. The predicted molar refractivity (Wildman–Crippen MR) is 79.7 cm³/mol. The number of halogens is 3. The van der Waals surface area contributed by atoms with Crippen molar-refractivity contribution in [2.75, 3.05) is 0 Å². The first-order valence-electron chi connectivity index (χ1n) is 6.89. The van der Waals surface area contributed by atoms with Gasteiger partial charge in [0.2, 0.25) is 0 Å². The maximum Gasteiger partial charge on any atom is 0.416 e. The van der Waals surface area contributed by atoms with E-state index in [0.29, 0.717) is 24.8 Å². The summed E-state index contributed by atoms with van der Waals surface area (Å²) in [6.07, 6.45) is -2.62. The molecule has 124 valence electrons. The minimum atomic E-state index is -4.35. The molecule has 3 nitrogen and oxygen atoms in total. The molecule has 2 aromatic rings. The molecule has 0 radical (unpaired) electrons. The van der Waals surface area contributed by atoms with E-state index >= 15 is 0 Å². The third kappa shape index (κ3) is 5.07. The Morgan fingerprint density at radius 1 is 0.913 bits per heavy atom. The van der Waals surface area contributed by atoms with E-state index in [4.69, 9.17) is 4.55 Å². The average molecular weight is 344 g/mol. The molecule has 0 fully saturated rings. The molecule has 0 amide bonds. The number of rotatable bonds is 5. The van der Waals surface area contributed by atoms with E-state index < -0.39 is 21.9 Å². The molecule has 0 saturated heterocycles. The third-order valence-corrected chi connectivity index (χ3v) is 4.27. The maximum atomic E-state index is 12.6. The lowest BCUT2D eigenvalue weighted by Gasteiger charge is -2.09. The zero-order chi connectivity index (χ0) is 17.1. The van der Waals surface area contributed by atoms with Gasteiger partial charge < -0.3 is 0 Å². The Morgan fingerprint density at radius 3 is 2.09 bits per heavy atom. The van der Waals surface area contributed by atoms with Crippen molar-refractivity contribution in [3.05, 3.63) is 65.2 Å². The van der Waals surface area contributed by atoms with Gasteiger partial charge in [-0.15, -0.1) is 0 Å². The van der Waals surface area contributed by atoms with Crippen molar-refractivity contribution in [1.29, 1.82) is 0 Å². The van der Waals surface area contributed by atoms with Crippen LogP contribution in [0.4, 0.5) is 13.2 Å². The van der Waals surface area contributed by atoms with Crippen LogP contribution in [0.3, 0.4) is 0 Å². The van der Waals surface area contributed by atoms with Gasteiger partial charge in [-0.3, -0.25) is 4.55 Å². The van der Waals surface area contributed by atoms with Crippen molar-refractivity contribution in [2.45, 2.75) is 30.3 Å². The molecule has 0 aliphatic rings. The van der Waals surface area contributed by atoms with E-state index in [1.807, 2.05) is 0 Å². The minimum absolute atomic E-state index is 0.181. The van der Waals surface area contributed by atoms with Gasteiger partial charge in [0.15, 0.2) is 0 Å². The summed E-state index contributed by atoms with van der Waals surface area (Å²) in [6.45, 7) is 0. The van der Waals surface area contributed by atoms with Crippen LogP contribution in [0.15, 0.2) is 53.4 Å². The summed E-state index contributed by atoms with van der Waals surface area (Å²) < 4.78 is 68.6. The smallest absolute Gasteiger partial charge is 0.282 e. The highest BCUT2D eigenvalue weighted by Gasteiger charge is 2.30. The molecule has 0 heterocycles. The summed E-state index contributed by atoms with van der Waals surface area (Å²) in [7, 11) is -4.21. The minimum Gasteiger partial charge on any atom is -0.282 e. The lowest BCUT2D eigenvalue weighted by molar-refractivity contribution is -0.137. The normalized spacial score (nSPS) is 12.3. The van der Waals surface area contributed by atoms with Gasteiger partial charge in [0, 0.05) is 0 Å². The maximum absolute atomic E-state index is 12.6. The van der Waals surface area contributed by atoms with Gasteiger partial charge >= 0.3 is 6.18 Å². The number of hydrogen-bond donors (Lipinski definition) is 1. The molecule has 1 N–H and O–H groups in total. The first-order chi connectivity index (χ1) is 10.7. The standard InChI is InChI=1S/C16H15F3O3S/c17-16(18,19)14-6-2-5-13(11-14)4-1-3-12-7-9-15(10-8-12)23(20,21)22/h2,5-11H,1,3-4H2,(H,20,21,22). The molecule has 0 unspecified atom stereocenters. The molecule has 2 aromatic carbocycles. The number of alkyl halides is 3. The second-order valence-electron chi connectivity index (χ2n) is 5.17. The first kappa shape index (κ1) is 17.5. The van der Waals surface area contributed by atoms with Gasteiger partial charge in [0.1, 0.15) is 0 Å². The average Bonchev–Trinajstić information content (AvgIpc) is 2.46. The molecule has 2 rings (SSSR count). The highest BCUT2D eigenvalue weighted by molar-refractivity contribution is 7.85. The van der Waals surface area contributed by atoms with Crippen molar-refractivity contribution in [1.82, 2.24) is 0 Å². The van der Waals surface area contributed by atoms with Crippen LogP contribution in [0, 0.1) is 0 Å². The van der Waals surface area contributed by atoms with Crippen LogP contribution < -0.4 is 0 Å². The quantitative estimate of drug-likeness (QED) is 0.830. The molecule has 23 heavy (non-hydrogen) atoms. The Labute approximate surface area is 132 Å². The van der Waals surface area contributed by atoms with Gasteiger partial charge in [-0.1, -0.05) is 30.3 Å². The van der Waals surface area contributed by atoms with Crippen molar-refractivity contribution >= 4 is 10.1 Å². The van der Waals surface area contributed by atoms with E-state index in [1.54, 1.807) is 18.2 Å². The molecule has 0 aliphatic carbocycles. The predicted octanol–water partition coefficient (Wildman–Crippen LogP) is 4.13. The van der Waals surface area contributed by atoms with Gasteiger partial charge in [-0.2, -0.15) is 21.6 Å². The summed E-state index contributed by atoms with van der Waals surface area (Å²) >= 11 is 0. The zero-order valence-corrected chi connectivity index (χ0v) is 12.9. The Balaban J connectivity index is 1.95. The fourth-order valence-corrected chi connectivity index (χ4v) is 2.71. The third-order valence-electron chi connectivity index (χ3n) is 3.41. The van der Waals surface area contributed by atoms with E-state index in [2.05, 4.69) is 0 Å². The summed E-state index contributed by atoms with van der Waals surface area (Å²) in [6, 6.07) is 11.0. The Morgan fingerprint density at radius 2 is 1.52 bits per heavy atom.